The molecule has 0 radical (unpaired) electrons. The summed E-state index contributed by atoms with van der Waals surface area (Å²) in [6.45, 7) is 4.29. The van der Waals surface area contributed by atoms with Gasteiger partial charge < -0.3 is 0 Å². The van der Waals surface area contributed by atoms with Crippen LogP contribution in [0.4, 0.5) is 0 Å². The fourth-order valence-corrected chi connectivity index (χ4v) is 4.85. The van der Waals surface area contributed by atoms with Crippen molar-refractivity contribution in [3.8, 4) is 0 Å². The Kier molecular flexibility index (Phi) is 5.07. The van der Waals surface area contributed by atoms with E-state index in [2.05, 4.69) is 0 Å². The maximum atomic E-state index is 12.1. The third kappa shape index (κ3) is 2.90. The Morgan fingerprint density at radius 3 is 2.50 bits per heavy atom. The van der Waals surface area contributed by atoms with Crippen LogP contribution >= 0.6 is 34.5 Å². The topological polar surface area (TPSA) is 37.4 Å². The molecule has 0 spiro atoms. The zero-order chi connectivity index (χ0) is 12.3. The van der Waals surface area contributed by atoms with Crippen LogP contribution in [0, 0.1) is 6.92 Å². The molecule has 0 aromatic carbocycles. The summed E-state index contributed by atoms with van der Waals surface area (Å²) in [6.07, 6.45) is 0. The Balaban J connectivity index is 3.09. The average Bonchev–Trinajstić information content (AvgIpc) is 2.56. The van der Waals surface area contributed by atoms with Crippen molar-refractivity contribution >= 4 is 44.6 Å². The molecule has 1 heterocycles. The van der Waals surface area contributed by atoms with E-state index < -0.39 is 10.0 Å². The lowest BCUT2D eigenvalue weighted by Crippen LogP contribution is -2.32. The molecule has 1 aromatic heterocycles. The molecule has 0 aliphatic rings. The van der Waals surface area contributed by atoms with E-state index in [-0.39, 0.29) is 10.1 Å². The highest BCUT2D eigenvalue weighted by Crippen LogP contribution is 2.31. The highest BCUT2D eigenvalue weighted by molar-refractivity contribution is 7.91. The first kappa shape index (κ1) is 14.3. The molecule has 0 aliphatic carbocycles. The third-order valence-corrected chi connectivity index (χ3v) is 6.26. The van der Waals surface area contributed by atoms with Crippen LogP contribution in [0.25, 0.3) is 0 Å². The Morgan fingerprint density at radius 2 is 2.12 bits per heavy atom. The van der Waals surface area contributed by atoms with E-state index in [1.165, 1.54) is 4.31 Å². The molecule has 0 fully saturated rings. The molecule has 0 saturated heterocycles. The summed E-state index contributed by atoms with van der Waals surface area (Å²) in [4.78, 5) is 0. The van der Waals surface area contributed by atoms with Gasteiger partial charge in [0.1, 0.15) is 4.21 Å². The first-order chi connectivity index (χ1) is 7.43. The van der Waals surface area contributed by atoms with E-state index in [1.807, 2.05) is 0 Å². The molecule has 92 valence electrons. The minimum Gasteiger partial charge on any atom is -0.206 e. The molecular formula is C9H13Cl2NO2S2. The summed E-state index contributed by atoms with van der Waals surface area (Å²) in [5, 5.41) is 0. The van der Waals surface area contributed by atoms with Crippen molar-refractivity contribution in [2.75, 3.05) is 19.0 Å². The molecule has 0 N–H and O–H groups in total. The van der Waals surface area contributed by atoms with Crippen LogP contribution in [-0.4, -0.2) is 31.7 Å². The summed E-state index contributed by atoms with van der Waals surface area (Å²) in [7, 11) is -3.43. The van der Waals surface area contributed by atoms with Crippen LogP contribution < -0.4 is 0 Å². The van der Waals surface area contributed by atoms with E-state index in [0.717, 1.165) is 16.9 Å². The van der Waals surface area contributed by atoms with Gasteiger partial charge in [0.25, 0.3) is 10.0 Å². The van der Waals surface area contributed by atoms with Gasteiger partial charge in [-0.3, -0.25) is 0 Å². The molecule has 0 saturated carbocycles. The maximum absolute atomic E-state index is 12.1. The van der Waals surface area contributed by atoms with Crippen LogP contribution in [0.15, 0.2) is 10.3 Å². The van der Waals surface area contributed by atoms with Gasteiger partial charge in [0.2, 0.25) is 0 Å². The standard InChI is InChI=1S/C9H13Cl2NO2S2/c1-3-12(5-4-10)16(13,14)8-6-7(2)9(11)15-8/h6H,3-5H2,1-2H3. The van der Waals surface area contributed by atoms with Gasteiger partial charge in [-0.15, -0.1) is 22.9 Å². The van der Waals surface area contributed by atoms with E-state index in [9.17, 15) is 8.42 Å². The van der Waals surface area contributed by atoms with Crippen molar-refractivity contribution in [2.45, 2.75) is 18.1 Å². The number of nitrogens with zero attached hydrogens (tertiary/aromatic N) is 1. The number of halogens is 2. The van der Waals surface area contributed by atoms with Crippen molar-refractivity contribution < 1.29 is 8.42 Å². The number of rotatable bonds is 5. The second-order valence-electron chi connectivity index (χ2n) is 3.21. The highest BCUT2D eigenvalue weighted by Gasteiger charge is 2.25. The minimum atomic E-state index is -3.43. The smallest absolute Gasteiger partial charge is 0.206 e. The number of thiophene rings is 1. The normalized spacial score (nSPS) is 12.3. The summed E-state index contributed by atoms with van der Waals surface area (Å²) >= 11 is 12.5. The fourth-order valence-electron chi connectivity index (χ4n) is 1.23. The van der Waals surface area contributed by atoms with Crippen molar-refractivity contribution in [1.82, 2.24) is 4.31 Å². The molecule has 0 unspecified atom stereocenters. The molecule has 0 amide bonds. The second kappa shape index (κ2) is 5.69. The van der Waals surface area contributed by atoms with Crippen molar-refractivity contribution in [3.63, 3.8) is 0 Å². The number of hydrogen-bond acceptors (Lipinski definition) is 3. The van der Waals surface area contributed by atoms with Crippen LogP contribution in [0.1, 0.15) is 12.5 Å². The lowest BCUT2D eigenvalue weighted by molar-refractivity contribution is 0.448. The number of sulfonamides is 1. The monoisotopic (exact) mass is 301 g/mol. The van der Waals surface area contributed by atoms with E-state index >= 15 is 0 Å². The van der Waals surface area contributed by atoms with Crippen molar-refractivity contribution in [1.29, 1.82) is 0 Å². The molecule has 0 aliphatic heterocycles. The van der Waals surface area contributed by atoms with Gasteiger partial charge in [0.15, 0.2) is 0 Å². The van der Waals surface area contributed by atoms with Gasteiger partial charge in [-0.05, 0) is 18.6 Å². The predicted octanol–water partition coefficient (Wildman–Crippen LogP) is 2.96. The fraction of sp³-hybridized carbons (Fsp3) is 0.556. The van der Waals surface area contributed by atoms with E-state index in [0.29, 0.717) is 17.4 Å². The third-order valence-electron chi connectivity index (χ3n) is 2.12. The Labute approximate surface area is 110 Å². The first-order valence-electron chi connectivity index (χ1n) is 4.75. The average molecular weight is 302 g/mol. The van der Waals surface area contributed by atoms with Crippen molar-refractivity contribution in [2.24, 2.45) is 0 Å². The predicted molar refractivity (Wildman–Crippen MR) is 69.2 cm³/mol. The Bertz CT molecular complexity index is 437. The molecule has 1 rings (SSSR count). The Morgan fingerprint density at radius 1 is 1.50 bits per heavy atom. The first-order valence-corrected chi connectivity index (χ1v) is 7.92. The molecule has 7 heteroatoms. The largest absolute Gasteiger partial charge is 0.252 e. The summed E-state index contributed by atoms with van der Waals surface area (Å²) in [5.41, 5.74) is 0.784. The second-order valence-corrected chi connectivity index (χ2v) is 7.40. The van der Waals surface area contributed by atoms with E-state index in [1.54, 1.807) is 19.9 Å². The number of alkyl halides is 1. The zero-order valence-electron chi connectivity index (χ0n) is 9.03. The summed E-state index contributed by atoms with van der Waals surface area (Å²) in [5.74, 6) is 0.283. The van der Waals surface area contributed by atoms with Gasteiger partial charge in [0, 0.05) is 19.0 Å². The van der Waals surface area contributed by atoms with Crippen LogP contribution in [0.3, 0.4) is 0 Å². The number of aryl methyl sites for hydroxylation is 1. The quantitative estimate of drug-likeness (QED) is 0.784. The van der Waals surface area contributed by atoms with Crippen LogP contribution in [0.5, 0.6) is 0 Å². The summed E-state index contributed by atoms with van der Waals surface area (Å²) in [6, 6.07) is 1.60. The van der Waals surface area contributed by atoms with Gasteiger partial charge in [-0.1, -0.05) is 18.5 Å². The molecular weight excluding hydrogens is 289 g/mol. The lowest BCUT2D eigenvalue weighted by atomic mass is 10.4. The number of hydrogen-bond donors (Lipinski definition) is 0. The molecule has 3 nitrogen and oxygen atoms in total. The molecule has 16 heavy (non-hydrogen) atoms. The van der Waals surface area contributed by atoms with Crippen LogP contribution in [-0.2, 0) is 10.0 Å². The maximum Gasteiger partial charge on any atom is 0.252 e. The van der Waals surface area contributed by atoms with Gasteiger partial charge in [0.05, 0.1) is 4.34 Å². The summed E-state index contributed by atoms with van der Waals surface area (Å²) < 4.78 is 26.4. The Hall–Kier alpha value is 0.190. The van der Waals surface area contributed by atoms with Gasteiger partial charge >= 0.3 is 0 Å². The molecule has 1 aromatic rings. The SMILES string of the molecule is CCN(CCCl)S(=O)(=O)c1cc(C)c(Cl)s1. The van der Waals surface area contributed by atoms with Crippen LogP contribution in [0.2, 0.25) is 4.34 Å². The molecule has 0 bridgehead atoms. The van der Waals surface area contributed by atoms with Gasteiger partial charge in [-0.25, -0.2) is 8.42 Å². The molecule has 0 atom stereocenters. The van der Waals surface area contributed by atoms with Gasteiger partial charge in [-0.2, -0.15) is 4.31 Å². The zero-order valence-corrected chi connectivity index (χ0v) is 12.2. The van der Waals surface area contributed by atoms with E-state index in [4.69, 9.17) is 23.2 Å². The van der Waals surface area contributed by atoms with Crippen molar-refractivity contribution in [3.05, 3.63) is 16.0 Å². The highest BCUT2D eigenvalue weighted by atomic mass is 35.5. The minimum absolute atomic E-state index is 0.280. The lowest BCUT2D eigenvalue weighted by Gasteiger charge is -2.17.